The average Bonchev–Trinajstić information content (AvgIpc) is 2.96. The Morgan fingerprint density at radius 2 is 2.40 bits per heavy atom. The molecule has 2 aromatic rings. The predicted octanol–water partition coefficient (Wildman–Crippen LogP) is 2.14. The first-order chi connectivity index (χ1) is 9.86. The quantitative estimate of drug-likeness (QED) is 0.875. The Morgan fingerprint density at radius 3 is 3.20 bits per heavy atom. The van der Waals surface area contributed by atoms with Crippen molar-refractivity contribution in [3.63, 3.8) is 0 Å². The van der Waals surface area contributed by atoms with Crippen molar-refractivity contribution >= 4 is 17.3 Å². The number of anilines is 2. The zero-order valence-electron chi connectivity index (χ0n) is 11.8. The van der Waals surface area contributed by atoms with Crippen molar-refractivity contribution in [2.75, 3.05) is 30.8 Å². The highest BCUT2D eigenvalue weighted by molar-refractivity contribution is 5.65. The van der Waals surface area contributed by atoms with Crippen molar-refractivity contribution in [1.82, 2.24) is 14.4 Å². The molecule has 0 aliphatic carbocycles. The molecule has 1 saturated heterocycles. The molecule has 6 nitrogen and oxygen atoms in total. The van der Waals surface area contributed by atoms with Crippen LogP contribution >= 0.6 is 0 Å². The van der Waals surface area contributed by atoms with Gasteiger partial charge in [-0.3, -0.25) is 0 Å². The van der Waals surface area contributed by atoms with Gasteiger partial charge in [-0.1, -0.05) is 0 Å². The molecule has 0 spiro atoms. The fourth-order valence-corrected chi connectivity index (χ4v) is 2.56. The van der Waals surface area contributed by atoms with Gasteiger partial charge < -0.3 is 19.8 Å². The SMILES string of the molecule is CNc1cn2ccnc2c(NCCC2CCCCO2)n1. The third-order valence-electron chi connectivity index (χ3n) is 3.66. The second kappa shape index (κ2) is 6.09. The lowest BCUT2D eigenvalue weighted by Gasteiger charge is -2.22. The van der Waals surface area contributed by atoms with E-state index in [4.69, 9.17) is 4.74 Å². The van der Waals surface area contributed by atoms with Gasteiger partial charge in [0.2, 0.25) is 0 Å². The Balaban J connectivity index is 1.65. The second-order valence-electron chi connectivity index (χ2n) is 5.09. The van der Waals surface area contributed by atoms with E-state index in [9.17, 15) is 0 Å². The topological polar surface area (TPSA) is 63.5 Å². The summed E-state index contributed by atoms with van der Waals surface area (Å²) in [4.78, 5) is 8.87. The van der Waals surface area contributed by atoms with Gasteiger partial charge in [0.25, 0.3) is 0 Å². The van der Waals surface area contributed by atoms with Crippen LogP contribution in [-0.4, -0.2) is 40.7 Å². The van der Waals surface area contributed by atoms with Crippen LogP contribution in [0.25, 0.3) is 5.65 Å². The molecule has 1 aliphatic rings. The van der Waals surface area contributed by atoms with Crippen molar-refractivity contribution in [3.05, 3.63) is 18.6 Å². The second-order valence-corrected chi connectivity index (χ2v) is 5.09. The van der Waals surface area contributed by atoms with Gasteiger partial charge in [0.05, 0.1) is 12.3 Å². The van der Waals surface area contributed by atoms with E-state index in [0.29, 0.717) is 6.10 Å². The normalized spacial score (nSPS) is 19.1. The van der Waals surface area contributed by atoms with Gasteiger partial charge in [-0.2, -0.15) is 0 Å². The zero-order chi connectivity index (χ0) is 13.8. The summed E-state index contributed by atoms with van der Waals surface area (Å²) in [6.45, 7) is 1.76. The lowest BCUT2D eigenvalue weighted by molar-refractivity contribution is 0.0134. The number of rotatable bonds is 5. The summed E-state index contributed by atoms with van der Waals surface area (Å²) in [7, 11) is 1.87. The maximum atomic E-state index is 5.74. The summed E-state index contributed by atoms with van der Waals surface area (Å²) in [6, 6.07) is 0. The molecule has 0 bridgehead atoms. The number of nitrogens with one attached hydrogen (secondary N) is 2. The highest BCUT2D eigenvalue weighted by atomic mass is 16.5. The first kappa shape index (κ1) is 13.2. The van der Waals surface area contributed by atoms with E-state index in [2.05, 4.69) is 20.6 Å². The van der Waals surface area contributed by atoms with Crippen molar-refractivity contribution < 1.29 is 4.74 Å². The number of hydrogen-bond donors (Lipinski definition) is 2. The molecule has 3 heterocycles. The van der Waals surface area contributed by atoms with E-state index in [1.807, 2.05) is 23.8 Å². The van der Waals surface area contributed by atoms with E-state index < -0.39 is 0 Å². The van der Waals surface area contributed by atoms with E-state index in [1.165, 1.54) is 19.3 Å². The van der Waals surface area contributed by atoms with Crippen LogP contribution in [0.3, 0.4) is 0 Å². The Labute approximate surface area is 118 Å². The standard InChI is InChI=1S/C14H21N5O/c1-15-12-10-19-8-7-17-14(19)13(18-12)16-6-5-11-4-2-3-9-20-11/h7-8,10-11,15H,2-6,9H2,1H3,(H,16,18). The third-order valence-corrected chi connectivity index (χ3v) is 3.66. The molecule has 1 aliphatic heterocycles. The molecule has 6 heteroatoms. The minimum atomic E-state index is 0.388. The number of fused-ring (bicyclic) bond motifs is 1. The Hall–Kier alpha value is -1.82. The first-order valence-electron chi connectivity index (χ1n) is 7.24. The molecule has 0 saturated carbocycles. The molecule has 20 heavy (non-hydrogen) atoms. The Kier molecular flexibility index (Phi) is 4.01. The average molecular weight is 275 g/mol. The number of imidazole rings is 1. The number of aromatic nitrogens is 3. The first-order valence-corrected chi connectivity index (χ1v) is 7.24. The van der Waals surface area contributed by atoms with E-state index in [0.717, 1.165) is 36.9 Å². The smallest absolute Gasteiger partial charge is 0.180 e. The molecule has 108 valence electrons. The van der Waals surface area contributed by atoms with Gasteiger partial charge in [-0.05, 0) is 25.7 Å². The molecular formula is C14H21N5O. The molecule has 1 atom stereocenters. The maximum Gasteiger partial charge on any atom is 0.180 e. The fourth-order valence-electron chi connectivity index (χ4n) is 2.56. The zero-order valence-corrected chi connectivity index (χ0v) is 11.8. The van der Waals surface area contributed by atoms with Gasteiger partial charge >= 0.3 is 0 Å². The monoisotopic (exact) mass is 275 g/mol. The fraction of sp³-hybridized carbons (Fsp3) is 0.571. The van der Waals surface area contributed by atoms with Gasteiger partial charge in [0, 0.05) is 32.6 Å². The number of hydrogen-bond acceptors (Lipinski definition) is 5. The Bertz CT molecular complexity index is 562. The number of ether oxygens (including phenoxy) is 1. The van der Waals surface area contributed by atoms with Crippen molar-refractivity contribution in [1.29, 1.82) is 0 Å². The van der Waals surface area contributed by atoms with Crippen LogP contribution in [0.4, 0.5) is 11.6 Å². The summed E-state index contributed by atoms with van der Waals surface area (Å²) >= 11 is 0. The van der Waals surface area contributed by atoms with Crippen molar-refractivity contribution in [2.45, 2.75) is 31.8 Å². The molecule has 1 unspecified atom stereocenters. The van der Waals surface area contributed by atoms with Crippen LogP contribution in [-0.2, 0) is 4.74 Å². The Morgan fingerprint density at radius 1 is 1.45 bits per heavy atom. The molecule has 2 N–H and O–H groups in total. The van der Waals surface area contributed by atoms with E-state index in [-0.39, 0.29) is 0 Å². The molecule has 2 aromatic heterocycles. The summed E-state index contributed by atoms with van der Waals surface area (Å²) in [6.07, 6.45) is 10.7. The van der Waals surface area contributed by atoms with Crippen LogP contribution in [0.15, 0.2) is 18.6 Å². The lowest BCUT2D eigenvalue weighted by atomic mass is 10.1. The number of nitrogens with zero attached hydrogens (tertiary/aromatic N) is 3. The van der Waals surface area contributed by atoms with Gasteiger partial charge in [0.1, 0.15) is 5.82 Å². The molecule has 0 aromatic carbocycles. The largest absolute Gasteiger partial charge is 0.378 e. The predicted molar refractivity (Wildman–Crippen MR) is 79.2 cm³/mol. The van der Waals surface area contributed by atoms with Crippen molar-refractivity contribution in [2.24, 2.45) is 0 Å². The molecule has 1 fully saturated rings. The van der Waals surface area contributed by atoms with Crippen LogP contribution in [0.2, 0.25) is 0 Å². The van der Waals surface area contributed by atoms with E-state index in [1.54, 1.807) is 6.20 Å². The van der Waals surface area contributed by atoms with Gasteiger partial charge in [0.15, 0.2) is 11.5 Å². The third kappa shape index (κ3) is 2.85. The molecular weight excluding hydrogens is 254 g/mol. The van der Waals surface area contributed by atoms with Crippen LogP contribution in [0.1, 0.15) is 25.7 Å². The van der Waals surface area contributed by atoms with Crippen molar-refractivity contribution in [3.8, 4) is 0 Å². The highest BCUT2D eigenvalue weighted by Gasteiger charge is 2.14. The minimum Gasteiger partial charge on any atom is -0.378 e. The molecule has 0 radical (unpaired) electrons. The molecule has 3 rings (SSSR count). The molecule has 0 amide bonds. The van der Waals surface area contributed by atoms with E-state index >= 15 is 0 Å². The van der Waals surface area contributed by atoms with Gasteiger partial charge in [-0.15, -0.1) is 0 Å². The van der Waals surface area contributed by atoms with Crippen LogP contribution < -0.4 is 10.6 Å². The summed E-state index contributed by atoms with van der Waals surface area (Å²) in [5.41, 5.74) is 0.855. The summed E-state index contributed by atoms with van der Waals surface area (Å²) in [5.74, 6) is 1.64. The van der Waals surface area contributed by atoms with Crippen LogP contribution in [0, 0.1) is 0 Å². The van der Waals surface area contributed by atoms with Gasteiger partial charge in [-0.25, -0.2) is 9.97 Å². The lowest BCUT2D eigenvalue weighted by Crippen LogP contribution is -2.22. The highest BCUT2D eigenvalue weighted by Crippen LogP contribution is 2.18. The maximum absolute atomic E-state index is 5.74. The summed E-state index contributed by atoms with van der Waals surface area (Å²) in [5, 5.41) is 6.45. The summed E-state index contributed by atoms with van der Waals surface area (Å²) < 4.78 is 7.71. The van der Waals surface area contributed by atoms with Crippen LogP contribution in [0.5, 0.6) is 0 Å². The minimum absolute atomic E-state index is 0.388.